The van der Waals surface area contributed by atoms with Crippen LogP contribution in [0.3, 0.4) is 0 Å². The predicted molar refractivity (Wildman–Crippen MR) is 107 cm³/mol. The number of anilines is 1. The molecule has 1 heterocycles. The van der Waals surface area contributed by atoms with Gasteiger partial charge in [-0.1, -0.05) is 41.4 Å². The van der Waals surface area contributed by atoms with Crippen molar-refractivity contribution in [2.45, 2.75) is 19.4 Å². The van der Waals surface area contributed by atoms with E-state index in [1.54, 1.807) is 6.07 Å². The van der Waals surface area contributed by atoms with Crippen LogP contribution in [0.5, 0.6) is 0 Å². The first-order chi connectivity index (χ1) is 13.1. The molecule has 1 aliphatic rings. The molecule has 0 aromatic heterocycles. The average molecular weight is 423 g/mol. The first-order valence-corrected chi connectivity index (χ1v) is 9.13. The van der Waals surface area contributed by atoms with Crippen LogP contribution in [0.1, 0.15) is 19.4 Å². The fourth-order valence-corrected chi connectivity index (χ4v) is 3.50. The Balaban J connectivity index is 1.86. The molecule has 28 heavy (non-hydrogen) atoms. The summed E-state index contributed by atoms with van der Waals surface area (Å²) in [6.45, 7) is 2.85. The largest absolute Gasteiger partial charge is 0.510 e. The van der Waals surface area contributed by atoms with Gasteiger partial charge in [-0.25, -0.2) is 4.39 Å². The van der Waals surface area contributed by atoms with Gasteiger partial charge in [-0.15, -0.1) is 0 Å². The van der Waals surface area contributed by atoms with Gasteiger partial charge in [-0.2, -0.15) is 0 Å². The Morgan fingerprint density at radius 3 is 2.39 bits per heavy atom. The van der Waals surface area contributed by atoms with E-state index in [9.17, 15) is 19.1 Å². The summed E-state index contributed by atoms with van der Waals surface area (Å²) in [5.74, 6) is -2.06. The topological polar surface area (TPSA) is 69.6 Å². The van der Waals surface area contributed by atoms with Crippen LogP contribution in [-0.2, 0) is 9.59 Å². The van der Waals surface area contributed by atoms with Crippen molar-refractivity contribution in [3.05, 3.63) is 69.6 Å². The Kier molecular flexibility index (Phi) is 5.37. The van der Waals surface area contributed by atoms with E-state index in [0.29, 0.717) is 15.7 Å². The van der Waals surface area contributed by atoms with Gasteiger partial charge in [0, 0.05) is 21.3 Å². The van der Waals surface area contributed by atoms with Crippen molar-refractivity contribution in [2.75, 3.05) is 11.9 Å². The third kappa shape index (κ3) is 3.70. The Hall–Kier alpha value is -2.57. The summed E-state index contributed by atoms with van der Waals surface area (Å²) in [6.07, 6.45) is 0. The molecule has 0 atom stereocenters. The van der Waals surface area contributed by atoms with Gasteiger partial charge in [-0.3, -0.25) is 9.59 Å². The second-order valence-electron chi connectivity index (χ2n) is 6.86. The smallest absolute Gasteiger partial charge is 0.259 e. The van der Waals surface area contributed by atoms with Crippen molar-refractivity contribution in [2.24, 2.45) is 0 Å². The number of amides is 2. The van der Waals surface area contributed by atoms with E-state index in [1.165, 1.54) is 55.1 Å². The van der Waals surface area contributed by atoms with Crippen LogP contribution in [-0.4, -0.2) is 33.9 Å². The highest BCUT2D eigenvalue weighted by Crippen LogP contribution is 2.33. The zero-order valence-corrected chi connectivity index (χ0v) is 16.6. The molecule has 1 aliphatic heterocycles. The number of carbonyl (C=O) groups excluding carboxylic acids is 2. The molecule has 0 fully saturated rings. The summed E-state index contributed by atoms with van der Waals surface area (Å²) in [5.41, 5.74) is -1.13. The van der Waals surface area contributed by atoms with E-state index in [4.69, 9.17) is 23.2 Å². The Labute approximate surface area is 171 Å². The molecule has 0 saturated heterocycles. The number of hydrogen-bond donors (Lipinski definition) is 2. The van der Waals surface area contributed by atoms with Crippen LogP contribution in [0, 0.1) is 5.82 Å². The Morgan fingerprint density at radius 2 is 1.79 bits per heavy atom. The zero-order valence-electron chi connectivity index (χ0n) is 15.1. The third-order valence-corrected chi connectivity index (χ3v) is 4.99. The number of halogens is 3. The van der Waals surface area contributed by atoms with E-state index < -0.39 is 23.2 Å². The van der Waals surface area contributed by atoms with E-state index in [0.717, 1.165) is 0 Å². The molecule has 8 heteroatoms. The monoisotopic (exact) mass is 422 g/mol. The van der Waals surface area contributed by atoms with Crippen molar-refractivity contribution < 1.29 is 19.1 Å². The molecule has 2 amide bonds. The molecule has 2 aromatic carbocycles. The molecular weight excluding hydrogens is 406 g/mol. The van der Waals surface area contributed by atoms with Crippen LogP contribution in [0.25, 0.3) is 5.57 Å². The molecule has 5 nitrogen and oxygen atoms in total. The number of rotatable bonds is 4. The minimum Gasteiger partial charge on any atom is -0.510 e. The maximum absolute atomic E-state index is 14.1. The molecule has 0 bridgehead atoms. The van der Waals surface area contributed by atoms with Gasteiger partial charge < -0.3 is 15.3 Å². The molecule has 0 radical (unpaired) electrons. The maximum atomic E-state index is 14.1. The molecule has 146 valence electrons. The number of nitrogens with zero attached hydrogens (tertiary/aromatic N) is 1. The quantitative estimate of drug-likeness (QED) is 0.752. The van der Waals surface area contributed by atoms with Crippen LogP contribution in [0.2, 0.25) is 10.0 Å². The lowest BCUT2D eigenvalue weighted by atomic mass is 10.00. The maximum Gasteiger partial charge on any atom is 0.259 e. The lowest BCUT2D eigenvalue weighted by Crippen LogP contribution is -2.53. The second-order valence-corrected chi connectivity index (χ2v) is 7.74. The normalized spacial score (nSPS) is 14.6. The van der Waals surface area contributed by atoms with Crippen LogP contribution in [0.15, 0.2) is 48.2 Å². The fraction of sp³-hybridized carbons (Fsp3) is 0.200. The van der Waals surface area contributed by atoms with Crippen molar-refractivity contribution in [1.82, 2.24) is 4.90 Å². The number of aliphatic hydroxyl groups excluding tert-OH is 1. The van der Waals surface area contributed by atoms with Crippen molar-refractivity contribution in [3.63, 3.8) is 0 Å². The Morgan fingerprint density at radius 1 is 1.18 bits per heavy atom. The average Bonchev–Trinajstić information content (AvgIpc) is 2.89. The summed E-state index contributed by atoms with van der Waals surface area (Å²) in [4.78, 5) is 26.9. The minimum atomic E-state index is -1.34. The van der Waals surface area contributed by atoms with Gasteiger partial charge in [0.25, 0.3) is 5.91 Å². The van der Waals surface area contributed by atoms with Gasteiger partial charge in [0.2, 0.25) is 5.91 Å². The van der Waals surface area contributed by atoms with Crippen molar-refractivity contribution in [3.8, 4) is 0 Å². The van der Waals surface area contributed by atoms with Gasteiger partial charge >= 0.3 is 0 Å². The van der Waals surface area contributed by atoms with Crippen LogP contribution < -0.4 is 5.32 Å². The predicted octanol–water partition coefficient (Wildman–Crippen LogP) is 4.66. The summed E-state index contributed by atoms with van der Waals surface area (Å²) in [6, 6.07) is 10.2. The van der Waals surface area contributed by atoms with Crippen molar-refractivity contribution in [1.29, 1.82) is 0 Å². The molecular formula is C20H17Cl2FN2O3. The minimum absolute atomic E-state index is 0.00895. The zero-order chi connectivity index (χ0) is 20.6. The third-order valence-electron chi connectivity index (χ3n) is 4.55. The number of aliphatic hydroxyl groups is 1. The molecule has 2 N–H and O–H groups in total. The highest BCUT2D eigenvalue weighted by Gasteiger charge is 2.44. The van der Waals surface area contributed by atoms with Gasteiger partial charge in [0.15, 0.2) is 0 Å². The second kappa shape index (κ2) is 7.45. The van der Waals surface area contributed by atoms with E-state index in [2.05, 4.69) is 5.32 Å². The molecule has 0 saturated carbocycles. The molecule has 2 aromatic rings. The van der Waals surface area contributed by atoms with Crippen molar-refractivity contribution >= 4 is 46.3 Å². The van der Waals surface area contributed by atoms with Gasteiger partial charge in [0.05, 0.1) is 12.1 Å². The fourth-order valence-electron chi connectivity index (χ4n) is 2.98. The Bertz CT molecular complexity index is 984. The SMILES string of the molecule is CC(C)(C(=O)Nc1cc(Cl)cc(Cl)c1)N1CC(O)=C(c2ccccc2F)C1=O. The summed E-state index contributed by atoms with van der Waals surface area (Å²) >= 11 is 11.9. The highest BCUT2D eigenvalue weighted by atomic mass is 35.5. The number of nitrogens with one attached hydrogen (secondary N) is 1. The molecule has 0 spiro atoms. The first-order valence-electron chi connectivity index (χ1n) is 8.38. The van der Waals surface area contributed by atoms with E-state index >= 15 is 0 Å². The first kappa shape index (κ1) is 20.2. The molecule has 0 unspecified atom stereocenters. The molecule has 0 aliphatic carbocycles. The summed E-state index contributed by atoms with van der Waals surface area (Å²) in [7, 11) is 0. The number of hydrogen-bond acceptors (Lipinski definition) is 3. The summed E-state index contributed by atoms with van der Waals surface area (Å²) < 4.78 is 14.1. The summed E-state index contributed by atoms with van der Waals surface area (Å²) in [5, 5.41) is 13.7. The highest BCUT2D eigenvalue weighted by molar-refractivity contribution is 6.35. The van der Waals surface area contributed by atoms with Gasteiger partial charge in [-0.05, 0) is 38.1 Å². The lowest BCUT2D eigenvalue weighted by molar-refractivity contribution is -0.137. The number of carbonyl (C=O) groups is 2. The lowest BCUT2D eigenvalue weighted by Gasteiger charge is -2.34. The molecule has 3 rings (SSSR count). The van der Waals surface area contributed by atoms with Crippen LogP contribution in [0.4, 0.5) is 10.1 Å². The van der Waals surface area contributed by atoms with E-state index in [1.807, 2.05) is 0 Å². The standard InChI is InChI=1S/C20H17Cl2FN2O3/c1-20(2,19(28)24-13-8-11(21)7-12(22)9-13)25-10-16(26)17(18(25)27)14-5-3-4-6-15(14)23/h3-9,26H,10H2,1-2H3,(H,24,28). The van der Waals surface area contributed by atoms with E-state index in [-0.39, 0.29) is 23.4 Å². The number of benzene rings is 2. The van der Waals surface area contributed by atoms with Gasteiger partial charge in [0.1, 0.15) is 17.1 Å². The van der Waals surface area contributed by atoms with Crippen LogP contribution >= 0.6 is 23.2 Å².